The van der Waals surface area contributed by atoms with Crippen LogP contribution in [0.1, 0.15) is 30.4 Å². The molecule has 38 heavy (non-hydrogen) atoms. The Hall–Kier alpha value is -5.54. The lowest BCUT2D eigenvalue weighted by Gasteiger charge is -2.52. The molecule has 12 nitrogen and oxygen atoms in total. The maximum Gasteiger partial charge on any atom is 0.240 e. The van der Waals surface area contributed by atoms with Crippen molar-refractivity contribution < 1.29 is 28.8 Å². The molecular formula is C26H16N6O6. The average molecular weight is 508 g/mol. The number of rotatable bonds is 10. The lowest BCUT2D eigenvalue weighted by atomic mass is 9.55. The Labute approximate surface area is 214 Å². The number of nitrogens with zero attached hydrogens (tertiary/aromatic N) is 6. The Morgan fingerprint density at radius 3 is 1.32 bits per heavy atom. The zero-order valence-corrected chi connectivity index (χ0v) is 19.5. The van der Waals surface area contributed by atoms with Crippen molar-refractivity contribution in [1.29, 1.82) is 0 Å². The topological polar surface area (TPSA) is 177 Å². The second kappa shape index (κ2) is 11.9. The highest BCUT2D eigenvalue weighted by molar-refractivity contribution is 5.52. The molecule has 1 aliphatic carbocycles. The number of aliphatic imine (C=N–C) groups is 6. The van der Waals surface area contributed by atoms with Crippen LogP contribution >= 0.6 is 0 Å². The summed E-state index contributed by atoms with van der Waals surface area (Å²) in [7, 11) is 0. The first-order chi connectivity index (χ1) is 18.5. The van der Waals surface area contributed by atoms with Crippen LogP contribution in [-0.2, 0) is 40.1 Å². The predicted molar refractivity (Wildman–Crippen MR) is 128 cm³/mol. The summed E-state index contributed by atoms with van der Waals surface area (Å²) in [5.74, 6) is 0. The molecular weight excluding hydrogens is 492 g/mol. The normalized spacial score (nSPS) is 19.2. The van der Waals surface area contributed by atoms with E-state index in [0.29, 0.717) is 0 Å². The van der Waals surface area contributed by atoms with Crippen molar-refractivity contribution in [2.45, 2.75) is 30.6 Å². The highest BCUT2D eigenvalue weighted by Crippen LogP contribution is 2.64. The second-order valence-electron chi connectivity index (χ2n) is 7.95. The van der Waals surface area contributed by atoms with E-state index in [0.717, 1.165) is 0 Å². The summed E-state index contributed by atoms with van der Waals surface area (Å²) in [4.78, 5) is 93.3. The summed E-state index contributed by atoms with van der Waals surface area (Å²) in [6.07, 6.45) is 7.53. The van der Waals surface area contributed by atoms with Crippen molar-refractivity contribution in [3.63, 3.8) is 0 Å². The van der Waals surface area contributed by atoms with Crippen molar-refractivity contribution in [3.05, 3.63) is 83.2 Å². The Balaban J connectivity index is 2.70. The Kier molecular flexibility index (Phi) is 8.49. The van der Waals surface area contributed by atoms with Crippen LogP contribution in [0, 0.1) is 5.41 Å². The third-order valence-corrected chi connectivity index (χ3v) is 6.47. The molecule has 0 heterocycles. The molecule has 0 atom stereocenters. The zero-order valence-electron chi connectivity index (χ0n) is 19.5. The molecule has 0 bridgehead atoms. The molecule has 0 radical (unpaired) electrons. The fourth-order valence-corrected chi connectivity index (χ4v) is 5.02. The van der Waals surface area contributed by atoms with Crippen molar-refractivity contribution >= 4 is 36.5 Å². The van der Waals surface area contributed by atoms with Gasteiger partial charge in [0.25, 0.3) is 0 Å². The third kappa shape index (κ3) is 4.41. The van der Waals surface area contributed by atoms with Crippen LogP contribution in [-0.4, -0.2) is 36.5 Å². The molecule has 2 aromatic rings. The fraction of sp³-hybridized carbons (Fsp3) is 0.231. The van der Waals surface area contributed by atoms with Crippen LogP contribution in [0.5, 0.6) is 0 Å². The van der Waals surface area contributed by atoms with E-state index in [1.54, 1.807) is 36.4 Å². The van der Waals surface area contributed by atoms with Gasteiger partial charge in [0.2, 0.25) is 47.8 Å². The lowest BCUT2D eigenvalue weighted by molar-refractivity contribution is 0.00780. The number of carbonyl (C=O) groups excluding carboxylic acids is 6. The Morgan fingerprint density at radius 2 is 0.947 bits per heavy atom. The third-order valence-electron chi connectivity index (χ3n) is 6.47. The number of allylic oxidation sites excluding steroid dienone is 2. The first-order valence-electron chi connectivity index (χ1n) is 10.9. The molecule has 0 N–H and O–H groups in total. The monoisotopic (exact) mass is 508 g/mol. The van der Waals surface area contributed by atoms with E-state index in [1.165, 1.54) is 60.7 Å². The highest BCUT2D eigenvalue weighted by Gasteiger charge is 2.68. The molecule has 3 rings (SSSR count). The molecule has 12 heteroatoms. The van der Waals surface area contributed by atoms with E-state index in [2.05, 4.69) is 30.0 Å². The quantitative estimate of drug-likeness (QED) is 0.352. The molecule has 1 aliphatic rings. The van der Waals surface area contributed by atoms with Gasteiger partial charge in [-0.05, 0) is 12.8 Å². The molecule has 0 saturated heterocycles. The molecule has 186 valence electrons. The molecule has 2 aromatic carbocycles. The highest BCUT2D eigenvalue weighted by atomic mass is 16.1. The summed E-state index contributed by atoms with van der Waals surface area (Å²) in [6, 6.07) is 15.5. The molecule has 0 spiro atoms. The van der Waals surface area contributed by atoms with Crippen LogP contribution in [0.4, 0.5) is 0 Å². The zero-order chi connectivity index (χ0) is 27.5. The van der Waals surface area contributed by atoms with Crippen LogP contribution in [0.15, 0.2) is 102 Å². The van der Waals surface area contributed by atoms with Gasteiger partial charge in [-0.25, -0.2) is 28.8 Å². The van der Waals surface area contributed by atoms with Gasteiger partial charge in [0.05, 0.1) is 16.8 Å². The first kappa shape index (κ1) is 27.1. The van der Waals surface area contributed by atoms with Gasteiger partial charge in [0.15, 0.2) is 0 Å². The number of benzene rings is 2. The van der Waals surface area contributed by atoms with Gasteiger partial charge in [-0.2, -0.15) is 30.0 Å². The Morgan fingerprint density at radius 1 is 0.553 bits per heavy atom. The summed E-state index contributed by atoms with van der Waals surface area (Å²) in [5.41, 5.74) is -6.43. The summed E-state index contributed by atoms with van der Waals surface area (Å²) in [5, 5.41) is 0. The van der Waals surface area contributed by atoms with Gasteiger partial charge >= 0.3 is 0 Å². The molecule has 0 fully saturated rings. The van der Waals surface area contributed by atoms with Gasteiger partial charge in [0.1, 0.15) is 0 Å². The molecule has 0 aliphatic heterocycles. The number of hydrogen-bond donors (Lipinski definition) is 0. The van der Waals surface area contributed by atoms with Gasteiger partial charge in [-0.3, -0.25) is 0 Å². The van der Waals surface area contributed by atoms with E-state index >= 15 is 0 Å². The van der Waals surface area contributed by atoms with Crippen LogP contribution in [0.3, 0.4) is 0 Å². The standard InChI is InChI=1S/C26H16N6O6/c33-14-27-22-11-12-24(13-23(22)28-15-34,25(29-16-35,30-17-36)20-7-3-1-4-8-20)26(31-18-37,32-19-38)21-9-5-2-6-10-21/h1-10H,11-13H2. The van der Waals surface area contributed by atoms with E-state index in [-0.39, 0.29) is 35.4 Å². The van der Waals surface area contributed by atoms with E-state index in [4.69, 9.17) is 0 Å². The predicted octanol–water partition coefficient (Wildman–Crippen LogP) is 3.09. The van der Waals surface area contributed by atoms with Crippen LogP contribution < -0.4 is 0 Å². The van der Waals surface area contributed by atoms with Gasteiger partial charge < -0.3 is 0 Å². The Bertz CT molecular complexity index is 1410. The average Bonchev–Trinajstić information content (AvgIpc) is 2.95. The van der Waals surface area contributed by atoms with Crippen molar-refractivity contribution in [2.75, 3.05) is 0 Å². The largest absolute Gasteiger partial charge is 0.240 e. The number of hydrogen-bond acceptors (Lipinski definition) is 12. The first-order valence-corrected chi connectivity index (χ1v) is 10.9. The van der Waals surface area contributed by atoms with E-state index in [9.17, 15) is 28.8 Å². The van der Waals surface area contributed by atoms with Gasteiger partial charge in [-0.15, -0.1) is 0 Å². The smallest absolute Gasteiger partial charge is 0.211 e. The van der Waals surface area contributed by atoms with Gasteiger partial charge in [0, 0.05) is 17.5 Å². The SMILES string of the molecule is O=C=NC1=C(N=C=O)CC(C(N=C=O)(N=C=O)c2ccccc2)(C(N=C=O)(N=C=O)c2ccccc2)CC1. The van der Waals surface area contributed by atoms with E-state index in [1.807, 2.05) is 0 Å². The minimum absolute atomic E-state index is 0.0261. The minimum Gasteiger partial charge on any atom is -0.211 e. The second-order valence-corrected chi connectivity index (χ2v) is 7.95. The fourth-order valence-electron chi connectivity index (χ4n) is 5.02. The molecule has 0 saturated carbocycles. The maximum absolute atomic E-state index is 11.9. The molecule has 0 amide bonds. The van der Waals surface area contributed by atoms with E-state index < -0.39 is 23.2 Å². The van der Waals surface area contributed by atoms with Crippen molar-refractivity contribution in [1.82, 2.24) is 0 Å². The maximum atomic E-state index is 11.9. The van der Waals surface area contributed by atoms with Crippen molar-refractivity contribution in [2.24, 2.45) is 35.4 Å². The summed E-state index contributed by atoms with van der Waals surface area (Å²) >= 11 is 0. The molecule has 0 unspecified atom stereocenters. The summed E-state index contributed by atoms with van der Waals surface area (Å²) < 4.78 is 0. The summed E-state index contributed by atoms with van der Waals surface area (Å²) in [6.45, 7) is 0. The molecule has 0 aromatic heterocycles. The van der Waals surface area contributed by atoms with Gasteiger partial charge in [-0.1, -0.05) is 60.7 Å². The van der Waals surface area contributed by atoms with Crippen LogP contribution in [0.2, 0.25) is 0 Å². The number of isocyanates is 6. The van der Waals surface area contributed by atoms with Crippen LogP contribution in [0.25, 0.3) is 0 Å². The van der Waals surface area contributed by atoms with Crippen molar-refractivity contribution in [3.8, 4) is 0 Å². The minimum atomic E-state index is -2.30. The lowest BCUT2D eigenvalue weighted by Crippen LogP contribution is -2.57.